The molecule has 132 valence electrons. The van der Waals surface area contributed by atoms with Gasteiger partial charge in [0.05, 0.1) is 16.4 Å². The van der Waals surface area contributed by atoms with Gasteiger partial charge in [-0.3, -0.25) is 9.59 Å². The van der Waals surface area contributed by atoms with Crippen molar-refractivity contribution >= 4 is 29.0 Å². The number of benzene rings is 2. The number of amides is 1. The molecule has 0 radical (unpaired) electrons. The summed E-state index contributed by atoms with van der Waals surface area (Å²) in [5.74, 6) is -2.23. The Morgan fingerprint density at radius 2 is 1.69 bits per heavy atom. The van der Waals surface area contributed by atoms with Crippen molar-refractivity contribution in [3.8, 4) is 5.69 Å². The number of hydrogen-bond acceptors (Lipinski definition) is 2. The average molecular weight is 371 g/mol. The summed E-state index contributed by atoms with van der Waals surface area (Å²) in [6.07, 6.45) is 0. The molecule has 0 aliphatic carbocycles. The van der Waals surface area contributed by atoms with Crippen molar-refractivity contribution in [1.82, 2.24) is 4.57 Å². The Labute approximate surface area is 155 Å². The van der Waals surface area contributed by atoms with E-state index in [1.165, 1.54) is 18.2 Å². The van der Waals surface area contributed by atoms with Crippen LogP contribution < -0.4 is 5.32 Å². The molecule has 0 unspecified atom stereocenters. The first-order valence-electron chi connectivity index (χ1n) is 7.94. The fraction of sp³-hybridized carbons (Fsp3) is 0.100. The van der Waals surface area contributed by atoms with Crippen LogP contribution in [0.5, 0.6) is 0 Å². The lowest BCUT2D eigenvalue weighted by molar-refractivity contribution is -0.112. The van der Waals surface area contributed by atoms with Gasteiger partial charge < -0.3 is 9.88 Å². The van der Waals surface area contributed by atoms with Crippen molar-refractivity contribution in [1.29, 1.82) is 0 Å². The number of aryl methyl sites for hydroxylation is 1. The highest BCUT2D eigenvalue weighted by Crippen LogP contribution is 2.26. The number of nitrogens with zero attached hydrogens (tertiary/aromatic N) is 1. The molecule has 3 rings (SSSR count). The molecule has 1 heterocycles. The Balaban J connectivity index is 1.94. The van der Waals surface area contributed by atoms with Gasteiger partial charge in [-0.2, -0.15) is 0 Å². The second-order valence-electron chi connectivity index (χ2n) is 5.83. The van der Waals surface area contributed by atoms with Crippen LogP contribution in [0, 0.1) is 19.7 Å². The number of carbonyl (C=O) groups is 2. The number of ketones is 1. The SMILES string of the molecule is Cc1cc(C(=O)C(=O)Nc2ccccc2F)c(C)n1-c1ccccc1Cl. The Kier molecular flexibility index (Phi) is 4.91. The molecule has 6 heteroatoms. The van der Waals surface area contributed by atoms with E-state index < -0.39 is 17.5 Å². The molecule has 0 saturated heterocycles. The maximum absolute atomic E-state index is 13.7. The second kappa shape index (κ2) is 7.14. The van der Waals surface area contributed by atoms with Gasteiger partial charge in [0.1, 0.15) is 5.82 Å². The third kappa shape index (κ3) is 3.26. The Morgan fingerprint density at radius 1 is 1.04 bits per heavy atom. The van der Waals surface area contributed by atoms with Gasteiger partial charge in [0, 0.05) is 17.0 Å². The van der Waals surface area contributed by atoms with E-state index in [4.69, 9.17) is 11.6 Å². The fourth-order valence-corrected chi connectivity index (χ4v) is 3.08. The van der Waals surface area contributed by atoms with Crippen LogP contribution in [0.25, 0.3) is 5.69 Å². The number of halogens is 2. The molecule has 2 aromatic carbocycles. The van der Waals surface area contributed by atoms with Gasteiger partial charge in [-0.05, 0) is 44.2 Å². The topological polar surface area (TPSA) is 51.1 Å². The zero-order valence-corrected chi connectivity index (χ0v) is 15.0. The molecular weight excluding hydrogens is 355 g/mol. The summed E-state index contributed by atoms with van der Waals surface area (Å²) in [7, 11) is 0. The van der Waals surface area contributed by atoms with Crippen LogP contribution in [0.1, 0.15) is 21.7 Å². The van der Waals surface area contributed by atoms with Gasteiger partial charge in [-0.1, -0.05) is 35.9 Å². The van der Waals surface area contributed by atoms with E-state index >= 15 is 0 Å². The third-order valence-electron chi connectivity index (χ3n) is 4.10. The predicted octanol–water partition coefficient (Wildman–Crippen LogP) is 4.71. The Hall–Kier alpha value is -2.92. The third-order valence-corrected chi connectivity index (χ3v) is 4.42. The molecule has 1 aromatic heterocycles. The molecule has 26 heavy (non-hydrogen) atoms. The van der Waals surface area contributed by atoms with Crippen LogP contribution >= 0.6 is 11.6 Å². The van der Waals surface area contributed by atoms with Crippen molar-refractivity contribution < 1.29 is 14.0 Å². The van der Waals surface area contributed by atoms with E-state index in [1.54, 1.807) is 25.1 Å². The average Bonchev–Trinajstić information content (AvgIpc) is 2.91. The normalized spacial score (nSPS) is 10.6. The summed E-state index contributed by atoms with van der Waals surface area (Å²) in [5.41, 5.74) is 2.28. The minimum atomic E-state index is -0.894. The first-order chi connectivity index (χ1) is 12.4. The zero-order chi connectivity index (χ0) is 18.8. The molecule has 4 nitrogen and oxygen atoms in total. The highest BCUT2D eigenvalue weighted by molar-refractivity contribution is 6.46. The molecule has 0 aliphatic heterocycles. The number of Topliss-reactive ketones (excluding diaryl/α,β-unsaturated/α-hetero) is 1. The highest BCUT2D eigenvalue weighted by atomic mass is 35.5. The van der Waals surface area contributed by atoms with Crippen LogP contribution in [-0.4, -0.2) is 16.3 Å². The Bertz CT molecular complexity index is 1010. The van der Waals surface area contributed by atoms with Gasteiger partial charge in [0.15, 0.2) is 0 Å². The first-order valence-corrected chi connectivity index (χ1v) is 8.32. The lowest BCUT2D eigenvalue weighted by Gasteiger charge is -2.11. The number of carbonyl (C=O) groups excluding carboxylic acids is 2. The molecule has 0 fully saturated rings. The first kappa shape index (κ1) is 17.9. The summed E-state index contributed by atoms with van der Waals surface area (Å²) in [6.45, 7) is 3.56. The number of para-hydroxylation sites is 2. The smallest absolute Gasteiger partial charge is 0.296 e. The molecule has 0 atom stereocenters. The molecule has 0 saturated carbocycles. The number of anilines is 1. The van der Waals surface area contributed by atoms with Crippen molar-refractivity contribution in [3.05, 3.63) is 82.4 Å². The summed E-state index contributed by atoms with van der Waals surface area (Å²) in [4.78, 5) is 24.9. The van der Waals surface area contributed by atoms with E-state index in [-0.39, 0.29) is 11.3 Å². The second-order valence-corrected chi connectivity index (χ2v) is 6.24. The van der Waals surface area contributed by atoms with Crippen LogP contribution in [0.2, 0.25) is 5.02 Å². The van der Waals surface area contributed by atoms with Gasteiger partial charge in [0.25, 0.3) is 11.7 Å². The number of hydrogen-bond donors (Lipinski definition) is 1. The Morgan fingerprint density at radius 3 is 2.38 bits per heavy atom. The maximum atomic E-state index is 13.7. The zero-order valence-electron chi connectivity index (χ0n) is 14.2. The van der Waals surface area contributed by atoms with E-state index in [0.717, 1.165) is 11.4 Å². The number of rotatable bonds is 4. The molecular formula is C20H16ClFN2O2. The van der Waals surface area contributed by atoms with Gasteiger partial charge in [0.2, 0.25) is 0 Å². The van der Waals surface area contributed by atoms with Crippen molar-refractivity contribution in [3.63, 3.8) is 0 Å². The molecule has 1 amide bonds. The molecule has 3 aromatic rings. The lowest BCUT2D eigenvalue weighted by Crippen LogP contribution is -2.23. The van der Waals surface area contributed by atoms with Crippen LogP contribution in [-0.2, 0) is 4.79 Å². The highest BCUT2D eigenvalue weighted by Gasteiger charge is 2.23. The standard InChI is InChI=1S/C20H16ClFN2O2/c1-12-11-14(13(2)24(12)18-10-6-3-7-15(18)21)19(25)20(26)23-17-9-5-4-8-16(17)22/h3-11H,1-2H3,(H,23,26). The predicted molar refractivity (Wildman–Crippen MR) is 99.6 cm³/mol. The van der Waals surface area contributed by atoms with Crippen LogP contribution in [0.15, 0.2) is 54.6 Å². The molecule has 0 aliphatic rings. The lowest BCUT2D eigenvalue weighted by atomic mass is 10.1. The van der Waals surface area contributed by atoms with Gasteiger partial charge in [-0.15, -0.1) is 0 Å². The molecule has 1 N–H and O–H groups in total. The fourth-order valence-electron chi connectivity index (χ4n) is 2.86. The summed E-state index contributed by atoms with van der Waals surface area (Å²) < 4.78 is 15.5. The van der Waals surface area contributed by atoms with Gasteiger partial charge in [-0.25, -0.2) is 4.39 Å². The van der Waals surface area contributed by atoms with Crippen LogP contribution in [0.4, 0.5) is 10.1 Å². The maximum Gasteiger partial charge on any atom is 0.296 e. The largest absolute Gasteiger partial charge is 0.317 e. The van der Waals surface area contributed by atoms with Crippen LogP contribution in [0.3, 0.4) is 0 Å². The molecule has 0 bridgehead atoms. The quantitative estimate of drug-likeness (QED) is 0.534. The summed E-state index contributed by atoms with van der Waals surface area (Å²) in [6, 6.07) is 14.5. The van der Waals surface area contributed by atoms with E-state index in [0.29, 0.717) is 10.7 Å². The van der Waals surface area contributed by atoms with E-state index in [1.807, 2.05) is 29.7 Å². The van der Waals surface area contributed by atoms with Crippen molar-refractivity contribution in [2.75, 3.05) is 5.32 Å². The van der Waals surface area contributed by atoms with E-state index in [2.05, 4.69) is 5.32 Å². The summed E-state index contributed by atoms with van der Waals surface area (Å²) in [5, 5.41) is 2.85. The van der Waals surface area contributed by atoms with Gasteiger partial charge >= 0.3 is 0 Å². The number of nitrogens with one attached hydrogen (secondary N) is 1. The monoisotopic (exact) mass is 370 g/mol. The minimum absolute atomic E-state index is 0.0363. The summed E-state index contributed by atoms with van der Waals surface area (Å²) >= 11 is 6.25. The molecule has 0 spiro atoms. The minimum Gasteiger partial charge on any atom is -0.317 e. The van der Waals surface area contributed by atoms with Crippen molar-refractivity contribution in [2.45, 2.75) is 13.8 Å². The number of aromatic nitrogens is 1. The van der Waals surface area contributed by atoms with Crippen molar-refractivity contribution in [2.24, 2.45) is 0 Å². The van der Waals surface area contributed by atoms with E-state index in [9.17, 15) is 14.0 Å².